The van der Waals surface area contributed by atoms with E-state index in [-0.39, 0.29) is 0 Å². The van der Waals surface area contributed by atoms with Crippen LogP contribution in [0.2, 0.25) is 0 Å². The first-order chi connectivity index (χ1) is 8.79. The van der Waals surface area contributed by atoms with Crippen LogP contribution in [0, 0.1) is 5.92 Å². The van der Waals surface area contributed by atoms with Crippen molar-refractivity contribution in [1.29, 1.82) is 0 Å². The summed E-state index contributed by atoms with van der Waals surface area (Å²) in [7, 11) is 1.77. The second-order valence-electron chi connectivity index (χ2n) is 5.77. The first kappa shape index (κ1) is 12.0. The van der Waals surface area contributed by atoms with Crippen LogP contribution >= 0.6 is 0 Å². The molecule has 2 heteroatoms. The van der Waals surface area contributed by atoms with Crippen LogP contribution in [0.3, 0.4) is 0 Å². The van der Waals surface area contributed by atoms with Crippen molar-refractivity contribution in [3.8, 4) is 5.75 Å². The Hall–Kier alpha value is -1.02. The Bertz CT molecular complexity index is 425. The minimum Gasteiger partial charge on any atom is -0.496 e. The first-order valence-corrected chi connectivity index (χ1v) is 7.21. The number of ether oxygens (including phenoxy) is 1. The fourth-order valence-corrected chi connectivity index (χ4v) is 3.38. The van der Waals surface area contributed by atoms with Gasteiger partial charge in [0.25, 0.3) is 0 Å². The number of fused-ring (bicyclic) bond motifs is 1. The van der Waals surface area contributed by atoms with Crippen molar-refractivity contribution in [2.45, 2.75) is 51.1 Å². The third-order valence-corrected chi connectivity index (χ3v) is 4.77. The SMILES string of the molecule is COc1cccc2c1CC[C@H]2N[C@H](C)C1CCC1. The van der Waals surface area contributed by atoms with Crippen LogP contribution in [-0.4, -0.2) is 13.2 Å². The van der Waals surface area contributed by atoms with Crippen LogP contribution in [0.5, 0.6) is 5.75 Å². The highest BCUT2D eigenvalue weighted by atomic mass is 16.5. The fraction of sp³-hybridized carbons (Fsp3) is 0.625. The van der Waals surface area contributed by atoms with Gasteiger partial charge < -0.3 is 10.1 Å². The van der Waals surface area contributed by atoms with Crippen molar-refractivity contribution in [1.82, 2.24) is 5.32 Å². The molecule has 2 aliphatic carbocycles. The molecule has 0 bridgehead atoms. The van der Waals surface area contributed by atoms with Crippen molar-refractivity contribution in [3.05, 3.63) is 29.3 Å². The topological polar surface area (TPSA) is 21.3 Å². The summed E-state index contributed by atoms with van der Waals surface area (Å²) in [6.45, 7) is 2.35. The van der Waals surface area contributed by atoms with E-state index in [0.29, 0.717) is 12.1 Å². The van der Waals surface area contributed by atoms with Crippen LogP contribution in [0.25, 0.3) is 0 Å². The predicted molar refractivity (Wildman–Crippen MR) is 74.0 cm³/mol. The van der Waals surface area contributed by atoms with Crippen molar-refractivity contribution < 1.29 is 4.74 Å². The number of methoxy groups -OCH3 is 1. The quantitative estimate of drug-likeness (QED) is 0.877. The average molecular weight is 245 g/mol. The normalized spacial score (nSPS) is 24.4. The maximum Gasteiger partial charge on any atom is 0.122 e. The number of hydrogen-bond donors (Lipinski definition) is 1. The summed E-state index contributed by atoms with van der Waals surface area (Å²) in [6.07, 6.45) is 6.60. The molecule has 0 aliphatic heterocycles. The largest absolute Gasteiger partial charge is 0.496 e. The second kappa shape index (κ2) is 4.93. The molecular weight excluding hydrogens is 222 g/mol. The average Bonchev–Trinajstić information content (AvgIpc) is 2.70. The minimum atomic E-state index is 0.533. The zero-order valence-electron chi connectivity index (χ0n) is 11.4. The zero-order chi connectivity index (χ0) is 12.5. The lowest BCUT2D eigenvalue weighted by Crippen LogP contribution is -2.38. The highest BCUT2D eigenvalue weighted by Crippen LogP contribution is 2.38. The summed E-state index contributed by atoms with van der Waals surface area (Å²) in [4.78, 5) is 0. The van der Waals surface area contributed by atoms with Gasteiger partial charge in [-0.3, -0.25) is 0 Å². The fourth-order valence-electron chi connectivity index (χ4n) is 3.38. The third kappa shape index (κ3) is 2.03. The second-order valence-corrected chi connectivity index (χ2v) is 5.77. The van der Waals surface area contributed by atoms with Crippen LogP contribution in [0.4, 0.5) is 0 Å². The molecule has 1 aromatic rings. The highest BCUT2D eigenvalue weighted by Gasteiger charge is 2.30. The summed E-state index contributed by atoms with van der Waals surface area (Å²) >= 11 is 0. The zero-order valence-corrected chi connectivity index (χ0v) is 11.4. The molecule has 0 spiro atoms. The molecule has 3 rings (SSSR count). The van der Waals surface area contributed by atoms with Gasteiger partial charge in [0.15, 0.2) is 0 Å². The van der Waals surface area contributed by atoms with Gasteiger partial charge in [-0.25, -0.2) is 0 Å². The Kier molecular flexibility index (Phi) is 3.29. The van der Waals surface area contributed by atoms with E-state index in [1.54, 1.807) is 7.11 Å². The van der Waals surface area contributed by atoms with Gasteiger partial charge in [-0.2, -0.15) is 0 Å². The molecule has 1 aromatic carbocycles. The molecule has 2 nitrogen and oxygen atoms in total. The van der Waals surface area contributed by atoms with Gasteiger partial charge >= 0.3 is 0 Å². The summed E-state index contributed by atoms with van der Waals surface area (Å²) in [5.41, 5.74) is 2.87. The van der Waals surface area contributed by atoms with Gasteiger partial charge in [0, 0.05) is 12.1 Å². The maximum atomic E-state index is 5.46. The summed E-state index contributed by atoms with van der Waals surface area (Å²) < 4.78 is 5.46. The molecule has 18 heavy (non-hydrogen) atoms. The number of rotatable bonds is 4. The van der Waals surface area contributed by atoms with E-state index < -0.39 is 0 Å². The molecule has 0 unspecified atom stereocenters. The van der Waals surface area contributed by atoms with Crippen LogP contribution in [0.1, 0.15) is 49.8 Å². The van der Waals surface area contributed by atoms with Crippen molar-refractivity contribution >= 4 is 0 Å². The van der Waals surface area contributed by atoms with E-state index in [1.807, 2.05) is 0 Å². The van der Waals surface area contributed by atoms with E-state index in [9.17, 15) is 0 Å². The molecule has 2 aliphatic rings. The molecule has 98 valence electrons. The summed E-state index contributed by atoms with van der Waals surface area (Å²) in [5, 5.41) is 3.83. The van der Waals surface area contributed by atoms with E-state index in [0.717, 1.165) is 18.1 Å². The lowest BCUT2D eigenvalue weighted by molar-refractivity contribution is 0.226. The lowest BCUT2D eigenvalue weighted by atomic mass is 9.80. The molecule has 0 amide bonds. The van der Waals surface area contributed by atoms with Gasteiger partial charge in [0.05, 0.1) is 7.11 Å². The van der Waals surface area contributed by atoms with E-state index in [2.05, 4.69) is 30.4 Å². The van der Waals surface area contributed by atoms with Crippen molar-refractivity contribution in [2.75, 3.05) is 7.11 Å². The minimum absolute atomic E-state index is 0.533. The maximum absolute atomic E-state index is 5.46. The molecule has 0 heterocycles. The van der Waals surface area contributed by atoms with Crippen LogP contribution in [0.15, 0.2) is 18.2 Å². The van der Waals surface area contributed by atoms with Crippen molar-refractivity contribution in [2.24, 2.45) is 5.92 Å². The van der Waals surface area contributed by atoms with Gasteiger partial charge in [-0.15, -0.1) is 0 Å². The van der Waals surface area contributed by atoms with Crippen molar-refractivity contribution in [3.63, 3.8) is 0 Å². The van der Waals surface area contributed by atoms with E-state index in [1.165, 1.54) is 36.8 Å². The molecule has 0 aromatic heterocycles. The number of benzene rings is 1. The van der Waals surface area contributed by atoms with E-state index in [4.69, 9.17) is 4.74 Å². The summed E-state index contributed by atoms with van der Waals surface area (Å²) in [6, 6.07) is 7.64. The van der Waals surface area contributed by atoms with E-state index >= 15 is 0 Å². The molecular formula is C16H23NO. The van der Waals surface area contributed by atoms with Gasteiger partial charge in [-0.05, 0) is 55.7 Å². The number of hydrogen-bond acceptors (Lipinski definition) is 2. The number of nitrogens with one attached hydrogen (secondary N) is 1. The highest BCUT2D eigenvalue weighted by molar-refractivity contribution is 5.45. The smallest absolute Gasteiger partial charge is 0.122 e. The monoisotopic (exact) mass is 245 g/mol. The molecule has 0 saturated heterocycles. The predicted octanol–water partition coefficient (Wildman–Crippen LogP) is 3.46. The Balaban J connectivity index is 1.73. The molecule has 1 fully saturated rings. The molecule has 1 N–H and O–H groups in total. The Morgan fingerprint density at radius 2 is 2.11 bits per heavy atom. The molecule has 2 atom stereocenters. The Labute approximate surface area is 110 Å². The Morgan fingerprint density at radius 3 is 2.78 bits per heavy atom. The molecule has 1 saturated carbocycles. The summed E-state index contributed by atoms with van der Waals surface area (Å²) in [5.74, 6) is 1.97. The van der Waals surface area contributed by atoms with Gasteiger partial charge in [0.1, 0.15) is 5.75 Å². The Morgan fingerprint density at radius 1 is 1.28 bits per heavy atom. The first-order valence-electron chi connectivity index (χ1n) is 7.21. The third-order valence-electron chi connectivity index (χ3n) is 4.77. The van der Waals surface area contributed by atoms with Crippen LogP contribution < -0.4 is 10.1 Å². The lowest BCUT2D eigenvalue weighted by Gasteiger charge is -2.34. The standard InChI is InChI=1S/C16H23NO/c1-11(12-5-3-6-12)17-15-10-9-14-13(15)7-4-8-16(14)18-2/h4,7-8,11-12,15,17H,3,5-6,9-10H2,1-2H3/t11-,15-/m1/s1. The van der Waals surface area contributed by atoms with Gasteiger partial charge in [0.2, 0.25) is 0 Å². The van der Waals surface area contributed by atoms with Crippen LogP contribution in [-0.2, 0) is 6.42 Å². The van der Waals surface area contributed by atoms with Gasteiger partial charge in [-0.1, -0.05) is 18.6 Å². The molecule has 0 radical (unpaired) electrons.